The number of ether oxygens (including phenoxy) is 1. The van der Waals surface area contributed by atoms with Crippen LogP contribution in [0, 0.1) is 6.92 Å². The Kier molecular flexibility index (Phi) is 4.97. The third kappa shape index (κ3) is 3.50. The largest absolute Gasteiger partial charge is 0.458 e. The number of esters is 1. The molecule has 2 aromatic rings. The Hall–Kier alpha value is -2.17. The summed E-state index contributed by atoms with van der Waals surface area (Å²) in [5.74, 6) is 0.126. The van der Waals surface area contributed by atoms with Gasteiger partial charge in [0.15, 0.2) is 5.69 Å². The highest BCUT2D eigenvalue weighted by Gasteiger charge is 2.23. The van der Waals surface area contributed by atoms with E-state index >= 15 is 0 Å². The predicted molar refractivity (Wildman–Crippen MR) is 92.5 cm³/mol. The van der Waals surface area contributed by atoms with Crippen LogP contribution in [-0.2, 0) is 4.74 Å². The molecule has 0 saturated heterocycles. The number of rotatable bonds is 4. The zero-order valence-corrected chi connectivity index (χ0v) is 14.7. The quantitative estimate of drug-likeness (QED) is 0.790. The number of nitrogens with zero attached hydrogens (tertiary/aromatic N) is 3. The van der Waals surface area contributed by atoms with Gasteiger partial charge in [-0.1, -0.05) is 37.6 Å². The minimum atomic E-state index is -0.357. The molecule has 24 heavy (non-hydrogen) atoms. The monoisotopic (exact) mass is 327 g/mol. The second-order valence-electron chi connectivity index (χ2n) is 6.85. The molecule has 1 saturated carbocycles. The third-order valence-electron chi connectivity index (χ3n) is 4.72. The molecule has 3 rings (SSSR count). The number of benzene rings is 1. The van der Waals surface area contributed by atoms with E-state index < -0.39 is 0 Å². The van der Waals surface area contributed by atoms with Gasteiger partial charge < -0.3 is 4.74 Å². The average molecular weight is 327 g/mol. The average Bonchev–Trinajstić information content (AvgIpc) is 2.97. The van der Waals surface area contributed by atoms with E-state index in [0.29, 0.717) is 17.3 Å². The summed E-state index contributed by atoms with van der Waals surface area (Å²) in [4.78, 5) is 12.4. The summed E-state index contributed by atoms with van der Waals surface area (Å²) in [6, 6.07) is 8.18. The summed E-state index contributed by atoms with van der Waals surface area (Å²) in [6.45, 7) is 6.18. The van der Waals surface area contributed by atoms with Gasteiger partial charge >= 0.3 is 5.97 Å². The van der Waals surface area contributed by atoms with E-state index in [0.717, 1.165) is 31.4 Å². The highest BCUT2D eigenvalue weighted by Crippen LogP contribution is 2.22. The summed E-state index contributed by atoms with van der Waals surface area (Å²) in [5.41, 5.74) is 3.20. The van der Waals surface area contributed by atoms with Crippen molar-refractivity contribution in [2.24, 2.45) is 0 Å². The molecule has 1 aliphatic rings. The smallest absolute Gasteiger partial charge is 0.361 e. The molecule has 0 atom stereocenters. The zero-order chi connectivity index (χ0) is 17.1. The lowest BCUT2D eigenvalue weighted by molar-refractivity contribution is 0.0203. The Morgan fingerprint density at radius 3 is 2.46 bits per heavy atom. The molecule has 0 unspecified atom stereocenters. The second-order valence-corrected chi connectivity index (χ2v) is 6.85. The standard InChI is InChI=1S/C19H25N3O2/c1-13(2)15-9-11-16(12-10-15)22-14(3)18(20-21-22)19(23)24-17-7-5-4-6-8-17/h9-13,17H,4-8H2,1-3H3. The van der Waals surface area contributed by atoms with E-state index in [1.54, 1.807) is 4.68 Å². The normalized spacial score (nSPS) is 15.7. The lowest BCUT2D eigenvalue weighted by Crippen LogP contribution is -2.21. The molecule has 1 aromatic heterocycles. The summed E-state index contributed by atoms with van der Waals surface area (Å²) in [7, 11) is 0. The second kappa shape index (κ2) is 7.16. The molecule has 1 aliphatic carbocycles. The number of hydrogen-bond donors (Lipinski definition) is 0. The van der Waals surface area contributed by atoms with Crippen LogP contribution in [0.3, 0.4) is 0 Å². The molecule has 1 aromatic carbocycles. The Balaban J connectivity index is 1.76. The Bertz CT molecular complexity index is 698. The number of carbonyl (C=O) groups is 1. The van der Waals surface area contributed by atoms with Crippen LogP contribution >= 0.6 is 0 Å². The lowest BCUT2D eigenvalue weighted by Gasteiger charge is -2.21. The van der Waals surface area contributed by atoms with E-state index in [4.69, 9.17) is 4.74 Å². The van der Waals surface area contributed by atoms with Crippen LogP contribution in [0.25, 0.3) is 5.69 Å². The van der Waals surface area contributed by atoms with Crippen molar-refractivity contribution in [2.45, 2.75) is 64.9 Å². The fourth-order valence-corrected chi connectivity index (χ4v) is 3.15. The molecule has 0 N–H and O–H groups in total. The number of aromatic nitrogens is 3. The van der Waals surface area contributed by atoms with Gasteiger partial charge in [-0.05, 0) is 56.2 Å². The number of hydrogen-bond acceptors (Lipinski definition) is 4. The van der Waals surface area contributed by atoms with Crippen LogP contribution in [0.4, 0.5) is 0 Å². The van der Waals surface area contributed by atoms with E-state index in [9.17, 15) is 4.79 Å². The maximum atomic E-state index is 12.4. The molecule has 128 valence electrons. The molecule has 0 amide bonds. The van der Waals surface area contributed by atoms with Crippen molar-refractivity contribution in [2.75, 3.05) is 0 Å². The Labute approximate surface area is 143 Å². The van der Waals surface area contributed by atoms with Gasteiger partial charge in [-0.2, -0.15) is 0 Å². The SMILES string of the molecule is Cc1c(C(=O)OC2CCCCC2)nnn1-c1ccc(C(C)C)cc1. The van der Waals surface area contributed by atoms with Crippen molar-refractivity contribution in [1.82, 2.24) is 15.0 Å². The van der Waals surface area contributed by atoms with E-state index in [1.807, 2.05) is 19.1 Å². The highest BCUT2D eigenvalue weighted by atomic mass is 16.5. The maximum Gasteiger partial charge on any atom is 0.361 e. The van der Waals surface area contributed by atoms with Crippen LogP contribution in [0.15, 0.2) is 24.3 Å². The van der Waals surface area contributed by atoms with Gasteiger partial charge in [0.05, 0.1) is 11.4 Å². The first-order valence-electron chi connectivity index (χ1n) is 8.80. The minimum Gasteiger partial charge on any atom is -0.458 e. The van der Waals surface area contributed by atoms with Crippen LogP contribution in [0.5, 0.6) is 0 Å². The fraction of sp³-hybridized carbons (Fsp3) is 0.526. The first kappa shape index (κ1) is 16.7. The molecule has 5 nitrogen and oxygen atoms in total. The van der Waals surface area contributed by atoms with Crippen molar-refractivity contribution >= 4 is 5.97 Å². The van der Waals surface area contributed by atoms with Gasteiger partial charge in [0.25, 0.3) is 0 Å². The molecular weight excluding hydrogens is 302 g/mol. The van der Waals surface area contributed by atoms with Crippen LogP contribution in [0.2, 0.25) is 0 Å². The van der Waals surface area contributed by atoms with Crippen LogP contribution in [-0.4, -0.2) is 27.1 Å². The molecule has 0 bridgehead atoms. The fourth-order valence-electron chi connectivity index (χ4n) is 3.15. The van der Waals surface area contributed by atoms with Gasteiger partial charge in [0, 0.05) is 0 Å². The molecule has 1 heterocycles. The van der Waals surface area contributed by atoms with Gasteiger partial charge in [0.1, 0.15) is 6.10 Å². The highest BCUT2D eigenvalue weighted by molar-refractivity contribution is 5.88. The Morgan fingerprint density at radius 2 is 1.83 bits per heavy atom. The van der Waals surface area contributed by atoms with Crippen molar-refractivity contribution < 1.29 is 9.53 Å². The third-order valence-corrected chi connectivity index (χ3v) is 4.72. The first-order valence-corrected chi connectivity index (χ1v) is 8.80. The molecule has 1 fully saturated rings. The zero-order valence-electron chi connectivity index (χ0n) is 14.7. The summed E-state index contributed by atoms with van der Waals surface area (Å²) in [5, 5.41) is 8.19. The summed E-state index contributed by atoms with van der Waals surface area (Å²) < 4.78 is 7.30. The van der Waals surface area contributed by atoms with Gasteiger partial charge in [-0.3, -0.25) is 0 Å². The summed E-state index contributed by atoms with van der Waals surface area (Å²) in [6.07, 6.45) is 5.43. The van der Waals surface area contributed by atoms with E-state index in [1.165, 1.54) is 12.0 Å². The van der Waals surface area contributed by atoms with Crippen LogP contribution < -0.4 is 0 Å². The minimum absolute atomic E-state index is 0.0288. The first-order chi connectivity index (χ1) is 11.6. The van der Waals surface area contributed by atoms with E-state index in [-0.39, 0.29) is 12.1 Å². The maximum absolute atomic E-state index is 12.4. The number of carbonyl (C=O) groups excluding carboxylic acids is 1. The molecule has 0 radical (unpaired) electrons. The van der Waals surface area contributed by atoms with Gasteiger partial charge in [-0.25, -0.2) is 9.48 Å². The lowest BCUT2D eigenvalue weighted by atomic mass is 9.98. The molecule has 0 aliphatic heterocycles. The summed E-state index contributed by atoms with van der Waals surface area (Å²) >= 11 is 0. The van der Waals surface area contributed by atoms with Crippen molar-refractivity contribution in [3.63, 3.8) is 0 Å². The van der Waals surface area contributed by atoms with Gasteiger partial charge in [-0.15, -0.1) is 5.10 Å². The molecular formula is C19H25N3O2. The van der Waals surface area contributed by atoms with Crippen LogP contribution in [0.1, 0.15) is 73.6 Å². The molecule has 5 heteroatoms. The molecule has 0 spiro atoms. The van der Waals surface area contributed by atoms with Crippen molar-refractivity contribution in [3.8, 4) is 5.69 Å². The van der Waals surface area contributed by atoms with E-state index in [2.05, 4.69) is 36.3 Å². The Morgan fingerprint density at radius 1 is 1.17 bits per heavy atom. The predicted octanol–water partition coefficient (Wildman–Crippen LogP) is 4.19. The van der Waals surface area contributed by atoms with Crippen molar-refractivity contribution in [1.29, 1.82) is 0 Å². The van der Waals surface area contributed by atoms with Crippen molar-refractivity contribution in [3.05, 3.63) is 41.2 Å². The topological polar surface area (TPSA) is 57.0 Å². The van der Waals surface area contributed by atoms with Gasteiger partial charge in [0.2, 0.25) is 0 Å².